The molecule has 7 heteroatoms. The third kappa shape index (κ3) is 3.54. The zero-order valence-corrected chi connectivity index (χ0v) is 18.4. The molecule has 4 heterocycles. The number of amides is 1. The van der Waals surface area contributed by atoms with Gasteiger partial charge in [0.1, 0.15) is 11.3 Å². The highest BCUT2D eigenvalue weighted by atomic mass is 16.2. The maximum atomic E-state index is 13.0. The number of carbonyl (C=O) groups excluding carboxylic acids is 2. The van der Waals surface area contributed by atoms with Crippen LogP contribution in [0.2, 0.25) is 0 Å². The number of hydrogen-bond acceptors (Lipinski definition) is 4. The van der Waals surface area contributed by atoms with Crippen LogP contribution >= 0.6 is 0 Å². The molecule has 3 aromatic rings. The molecule has 0 saturated carbocycles. The van der Waals surface area contributed by atoms with Gasteiger partial charge in [-0.15, -0.1) is 0 Å². The van der Waals surface area contributed by atoms with E-state index in [1.54, 1.807) is 6.92 Å². The molecular weight excluding hydrogens is 378 g/mol. The molecule has 0 aromatic carbocycles. The predicted molar refractivity (Wildman–Crippen MR) is 116 cm³/mol. The van der Waals surface area contributed by atoms with Gasteiger partial charge in [-0.25, -0.2) is 4.98 Å². The number of H-pyrrole nitrogens is 1. The summed E-state index contributed by atoms with van der Waals surface area (Å²) in [7, 11) is 0. The Morgan fingerprint density at radius 1 is 1.10 bits per heavy atom. The topological polar surface area (TPSA) is 73.7 Å². The molecule has 7 nitrogen and oxygen atoms in total. The molecule has 1 fully saturated rings. The summed E-state index contributed by atoms with van der Waals surface area (Å²) in [5, 5.41) is 0. The average molecular weight is 408 g/mol. The number of rotatable bonds is 4. The maximum Gasteiger partial charge on any atom is 0.270 e. The standard InChI is InChI=1S/C23H29N5O2/c1-14-6-7-28-19(16(3)24-20(28)12-14)13-26-8-10-27(11-9-26)23(30)22-15(2)21(18(5)29)17(4)25-22/h6-7,12,25H,8-11,13H2,1-5H3. The number of nitrogens with one attached hydrogen (secondary N) is 1. The third-order valence-electron chi connectivity index (χ3n) is 6.12. The highest BCUT2D eigenvalue weighted by Crippen LogP contribution is 2.21. The van der Waals surface area contributed by atoms with Crippen LogP contribution in [0.4, 0.5) is 0 Å². The van der Waals surface area contributed by atoms with Gasteiger partial charge in [-0.2, -0.15) is 0 Å². The number of piperazine rings is 1. The zero-order chi connectivity index (χ0) is 21.6. The van der Waals surface area contributed by atoms with E-state index >= 15 is 0 Å². The summed E-state index contributed by atoms with van der Waals surface area (Å²) in [5.41, 5.74) is 7.13. The van der Waals surface area contributed by atoms with Crippen molar-refractivity contribution < 1.29 is 9.59 Å². The first-order chi connectivity index (χ1) is 14.3. The van der Waals surface area contributed by atoms with Crippen molar-refractivity contribution in [2.45, 2.75) is 41.2 Å². The van der Waals surface area contributed by atoms with Crippen molar-refractivity contribution in [3.8, 4) is 0 Å². The average Bonchev–Trinajstić information content (AvgIpc) is 3.16. The second-order valence-corrected chi connectivity index (χ2v) is 8.33. The van der Waals surface area contributed by atoms with Gasteiger partial charge < -0.3 is 14.3 Å². The highest BCUT2D eigenvalue weighted by Gasteiger charge is 2.27. The van der Waals surface area contributed by atoms with E-state index in [4.69, 9.17) is 4.98 Å². The Morgan fingerprint density at radius 3 is 2.43 bits per heavy atom. The van der Waals surface area contributed by atoms with Gasteiger partial charge in [0.15, 0.2) is 5.78 Å². The smallest absolute Gasteiger partial charge is 0.270 e. The van der Waals surface area contributed by atoms with Gasteiger partial charge in [0.25, 0.3) is 5.91 Å². The lowest BCUT2D eigenvalue weighted by molar-refractivity contribution is 0.0620. The van der Waals surface area contributed by atoms with Crippen molar-refractivity contribution in [1.29, 1.82) is 0 Å². The first-order valence-electron chi connectivity index (χ1n) is 10.4. The van der Waals surface area contributed by atoms with E-state index in [0.29, 0.717) is 24.3 Å². The van der Waals surface area contributed by atoms with Gasteiger partial charge in [-0.05, 0) is 57.9 Å². The van der Waals surface area contributed by atoms with Crippen LogP contribution in [0, 0.1) is 27.7 Å². The summed E-state index contributed by atoms with van der Waals surface area (Å²) in [5.74, 6) is -0.0343. The van der Waals surface area contributed by atoms with Gasteiger partial charge in [0.2, 0.25) is 0 Å². The lowest BCUT2D eigenvalue weighted by Gasteiger charge is -2.34. The number of nitrogens with zero attached hydrogens (tertiary/aromatic N) is 4. The number of fused-ring (bicyclic) bond motifs is 1. The van der Waals surface area contributed by atoms with E-state index in [0.717, 1.165) is 42.2 Å². The fourth-order valence-corrected chi connectivity index (χ4v) is 4.48. The quantitative estimate of drug-likeness (QED) is 0.675. The van der Waals surface area contributed by atoms with Gasteiger partial charge in [-0.1, -0.05) is 0 Å². The Labute approximate surface area is 176 Å². The molecule has 0 unspecified atom stereocenters. The molecule has 1 aliphatic heterocycles. The fourth-order valence-electron chi connectivity index (χ4n) is 4.48. The predicted octanol–water partition coefficient (Wildman–Crippen LogP) is 3.06. The van der Waals surface area contributed by atoms with Crippen LogP contribution in [0.15, 0.2) is 18.3 Å². The summed E-state index contributed by atoms with van der Waals surface area (Å²) in [4.78, 5) is 37.0. The van der Waals surface area contributed by atoms with E-state index < -0.39 is 0 Å². The fraction of sp³-hybridized carbons (Fsp3) is 0.435. The molecule has 1 amide bonds. The van der Waals surface area contributed by atoms with Crippen LogP contribution in [0.3, 0.4) is 0 Å². The van der Waals surface area contributed by atoms with Crippen LogP contribution in [0.25, 0.3) is 5.65 Å². The number of pyridine rings is 1. The molecule has 1 saturated heterocycles. The van der Waals surface area contributed by atoms with E-state index in [9.17, 15) is 9.59 Å². The number of carbonyl (C=O) groups is 2. The van der Waals surface area contributed by atoms with Crippen LogP contribution in [-0.4, -0.2) is 62.0 Å². The molecule has 3 aromatic heterocycles. The second kappa shape index (κ2) is 7.72. The Hall–Kier alpha value is -2.93. The minimum atomic E-state index is -0.0239. The molecule has 30 heavy (non-hydrogen) atoms. The monoisotopic (exact) mass is 407 g/mol. The zero-order valence-electron chi connectivity index (χ0n) is 18.4. The van der Waals surface area contributed by atoms with E-state index in [1.165, 1.54) is 11.3 Å². The number of hydrogen-bond donors (Lipinski definition) is 1. The van der Waals surface area contributed by atoms with Crippen molar-refractivity contribution in [3.05, 3.63) is 57.8 Å². The van der Waals surface area contributed by atoms with Crippen LogP contribution in [-0.2, 0) is 6.54 Å². The van der Waals surface area contributed by atoms with E-state index in [1.807, 2.05) is 18.7 Å². The SMILES string of the molecule is CC(=O)c1c(C)[nH]c(C(=O)N2CCN(Cc3c(C)nc4cc(C)ccn34)CC2)c1C. The minimum absolute atomic E-state index is 0.0104. The van der Waals surface area contributed by atoms with E-state index in [-0.39, 0.29) is 11.7 Å². The van der Waals surface area contributed by atoms with Crippen LogP contribution < -0.4 is 0 Å². The Bertz CT molecular complexity index is 1130. The Kier molecular flexibility index (Phi) is 5.24. The van der Waals surface area contributed by atoms with Crippen molar-refractivity contribution in [1.82, 2.24) is 24.2 Å². The molecular formula is C23H29N5O2. The first-order valence-corrected chi connectivity index (χ1v) is 10.4. The van der Waals surface area contributed by atoms with Crippen LogP contribution in [0.5, 0.6) is 0 Å². The number of aromatic nitrogens is 3. The largest absolute Gasteiger partial charge is 0.354 e. The van der Waals surface area contributed by atoms with Crippen molar-refractivity contribution in [3.63, 3.8) is 0 Å². The maximum absolute atomic E-state index is 13.0. The first kappa shape index (κ1) is 20.3. The summed E-state index contributed by atoms with van der Waals surface area (Å²) < 4.78 is 2.16. The van der Waals surface area contributed by atoms with E-state index in [2.05, 4.69) is 46.5 Å². The summed E-state index contributed by atoms with van der Waals surface area (Å²) in [6, 6.07) is 4.20. The van der Waals surface area contributed by atoms with Crippen molar-refractivity contribution >= 4 is 17.3 Å². The highest BCUT2D eigenvalue weighted by molar-refractivity contribution is 6.02. The number of aryl methyl sites for hydroxylation is 3. The molecule has 158 valence electrons. The second-order valence-electron chi connectivity index (χ2n) is 8.33. The van der Waals surface area contributed by atoms with Gasteiger partial charge >= 0.3 is 0 Å². The third-order valence-corrected chi connectivity index (χ3v) is 6.12. The molecule has 1 N–H and O–H groups in total. The van der Waals surface area contributed by atoms with Gasteiger partial charge in [0.05, 0.1) is 11.4 Å². The number of aromatic amines is 1. The van der Waals surface area contributed by atoms with Gasteiger partial charge in [0, 0.05) is 50.2 Å². The molecule has 0 spiro atoms. The molecule has 1 aliphatic rings. The lowest BCUT2D eigenvalue weighted by Crippen LogP contribution is -2.48. The van der Waals surface area contributed by atoms with Crippen LogP contribution in [0.1, 0.15) is 56.0 Å². The molecule has 0 aliphatic carbocycles. The number of imidazole rings is 1. The Balaban J connectivity index is 1.45. The van der Waals surface area contributed by atoms with Crippen molar-refractivity contribution in [2.24, 2.45) is 0 Å². The number of ketones is 1. The van der Waals surface area contributed by atoms with Crippen molar-refractivity contribution in [2.75, 3.05) is 26.2 Å². The minimum Gasteiger partial charge on any atom is -0.354 e. The summed E-state index contributed by atoms with van der Waals surface area (Å²) >= 11 is 0. The summed E-state index contributed by atoms with van der Waals surface area (Å²) in [6.45, 7) is 13.1. The number of Topliss-reactive ketones (excluding diaryl/α,β-unsaturated/α-hetero) is 1. The lowest BCUT2D eigenvalue weighted by atomic mass is 10.1. The normalized spacial score (nSPS) is 15.2. The molecule has 0 bridgehead atoms. The Morgan fingerprint density at radius 2 is 1.80 bits per heavy atom. The summed E-state index contributed by atoms with van der Waals surface area (Å²) in [6.07, 6.45) is 2.09. The van der Waals surface area contributed by atoms with Gasteiger partial charge in [-0.3, -0.25) is 14.5 Å². The molecule has 4 rings (SSSR count). The molecule has 0 atom stereocenters. The molecule has 0 radical (unpaired) electrons.